The molecule has 3 aromatic rings. The van der Waals surface area contributed by atoms with Crippen LogP contribution in [-0.4, -0.2) is 49.2 Å². The van der Waals surface area contributed by atoms with Crippen molar-refractivity contribution in [2.24, 2.45) is 0 Å². The minimum atomic E-state index is -4.30. The highest BCUT2D eigenvalue weighted by atomic mass is 32.2. The van der Waals surface area contributed by atoms with E-state index in [9.17, 15) is 28.1 Å². The van der Waals surface area contributed by atoms with E-state index < -0.39 is 33.4 Å². The summed E-state index contributed by atoms with van der Waals surface area (Å²) >= 11 is 0. The third-order valence-electron chi connectivity index (χ3n) is 5.93. The molecule has 0 aliphatic rings. The van der Waals surface area contributed by atoms with Crippen molar-refractivity contribution in [1.82, 2.24) is 10.2 Å². The predicted molar refractivity (Wildman–Crippen MR) is 144 cm³/mol. The molecule has 3 aromatic carbocycles. The van der Waals surface area contributed by atoms with Gasteiger partial charge in [-0.3, -0.25) is 24.0 Å². The summed E-state index contributed by atoms with van der Waals surface area (Å²) in [5.41, 5.74) is 1.41. The van der Waals surface area contributed by atoms with Crippen molar-refractivity contribution in [1.29, 1.82) is 0 Å². The Morgan fingerprint density at radius 3 is 2.26 bits per heavy atom. The van der Waals surface area contributed by atoms with Crippen LogP contribution in [0.5, 0.6) is 0 Å². The Morgan fingerprint density at radius 1 is 1.00 bits per heavy atom. The van der Waals surface area contributed by atoms with Gasteiger partial charge in [0.15, 0.2) is 0 Å². The first-order valence-corrected chi connectivity index (χ1v) is 13.4. The number of anilines is 1. The van der Waals surface area contributed by atoms with Gasteiger partial charge in [0.05, 0.1) is 15.5 Å². The largest absolute Gasteiger partial charge is 0.355 e. The van der Waals surface area contributed by atoms with Gasteiger partial charge < -0.3 is 10.2 Å². The maximum atomic E-state index is 13.8. The summed E-state index contributed by atoms with van der Waals surface area (Å²) in [5.74, 6) is -1.03. The molecule has 0 saturated heterocycles. The number of likely N-dealkylation sites (N-methyl/N-ethyl adjacent to an activating group) is 1. The Labute approximate surface area is 222 Å². The van der Waals surface area contributed by atoms with Gasteiger partial charge in [-0.05, 0) is 44.5 Å². The fraction of sp³-hybridized carbons (Fsp3) is 0.259. The number of non-ortho nitro benzene ring substituents is 1. The fourth-order valence-electron chi connectivity index (χ4n) is 3.80. The normalized spacial score (nSPS) is 11.9. The smallest absolute Gasteiger partial charge is 0.271 e. The van der Waals surface area contributed by atoms with E-state index in [1.165, 1.54) is 35.2 Å². The number of amides is 2. The molecule has 2 amide bonds. The monoisotopic (exact) mass is 538 g/mol. The molecule has 10 nitrogen and oxygen atoms in total. The second kappa shape index (κ2) is 12.3. The van der Waals surface area contributed by atoms with Crippen molar-refractivity contribution in [3.63, 3.8) is 0 Å². The molecule has 0 unspecified atom stereocenters. The average Bonchev–Trinajstić information content (AvgIpc) is 2.91. The maximum Gasteiger partial charge on any atom is 0.271 e. The summed E-state index contributed by atoms with van der Waals surface area (Å²) in [6.07, 6.45) is 0. The summed E-state index contributed by atoms with van der Waals surface area (Å²) in [6.45, 7) is 5.00. The number of nitro groups is 1. The van der Waals surface area contributed by atoms with Gasteiger partial charge in [-0.2, -0.15) is 0 Å². The van der Waals surface area contributed by atoms with Crippen LogP contribution in [0.4, 0.5) is 11.4 Å². The number of sulfonamides is 1. The standard InChI is InChI=1S/C27H30N4O6S/c1-4-28-27(33)21(3)29(18-22-15-13-20(2)14-16-22)26(32)19-30(23-9-8-10-24(17-23)31(34)35)38(36,37)25-11-6-5-7-12-25/h5-17,21H,4,18-19H2,1-3H3,(H,28,33)/t21-/m0/s1. The van der Waals surface area contributed by atoms with Crippen LogP contribution in [0.2, 0.25) is 0 Å². The van der Waals surface area contributed by atoms with E-state index in [2.05, 4.69) is 5.32 Å². The number of carbonyl (C=O) groups is 2. The molecule has 0 aliphatic heterocycles. The van der Waals surface area contributed by atoms with Gasteiger partial charge >= 0.3 is 0 Å². The molecule has 1 N–H and O–H groups in total. The zero-order valence-corrected chi connectivity index (χ0v) is 22.2. The van der Waals surface area contributed by atoms with Crippen LogP contribution in [0.25, 0.3) is 0 Å². The van der Waals surface area contributed by atoms with E-state index in [4.69, 9.17) is 0 Å². The topological polar surface area (TPSA) is 130 Å². The van der Waals surface area contributed by atoms with Gasteiger partial charge in [0.1, 0.15) is 12.6 Å². The fourth-order valence-corrected chi connectivity index (χ4v) is 5.23. The summed E-state index contributed by atoms with van der Waals surface area (Å²) in [7, 11) is -4.30. The molecule has 11 heteroatoms. The van der Waals surface area contributed by atoms with Crippen molar-refractivity contribution < 1.29 is 22.9 Å². The second-order valence-corrected chi connectivity index (χ2v) is 10.5. The molecule has 3 rings (SSSR count). The Bertz CT molecular complexity index is 1390. The second-order valence-electron chi connectivity index (χ2n) is 8.68. The summed E-state index contributed by atoms with van der Waals surface area (Å²) in [4.78, 5) is 38.4. The third kappa shape index (κ3) is 6.74. The minimum absolute atomic E-state index is 0.0441. The van der Waals surface area contributed by atoms with Crippen LogP contribution in [0.15, 0.2) is 83.8 Å². The lowest BCUT2D eigenvalue weighted by atomic mass is 10.1. The molecule has 0 aromatic heterocycles. The quantitative estimate of drug-likeness (QED) is 0.293. The summed E-state index contributed by atoms with van der Waals surface area (Å²) in [5, 5.41) is 14.1. The van der Waals surface area contributed by atoms with Gasteiger partial charge in [-0.15, -0.1) is 0 Å². The van der Waals surface area contributed by atoms with E-state index in [-0.39, 0.29) is 28.7 Å². The Kier molecular flexibility index (Phi) is 9.19. The van der Waals surface area contributed by atoms with Gasteiger partial charge in [-0.25, -0.2) is 8.42 Å². The molecule has 38 heavy (non-hydrogen) atoms. The molecule has 200 valence electrons. The molecule has 1 atom stereocenters. The number of nitrogens with one attached hydrogen (secondary N) is 1. The van der Waals surface area contributed by atoms with Gasteiger partial charge in [0.25, 0.3) is 15.7 Å². The molecule has 0 aliphatic carbocycles. The van der Waals surface area contributed by atoms with E-state index >= 15 is 0 Å². The summed E-state index contributed by atoms with van der Waals surface area (Å²) in [6, 6.07) is 19.1. The van der Waals surface area contributed by atoms with Crippen LogP contribution in [0.1, 0.15) is 25.0 Å². The lowest BCUT2D eigenvalue weighted by molar-refractivity contribution is -0.384. The predicted octanol–water partition coefficient (Wildman–Crippen LogP) is 3.65. The van der Waals surface area contributed by atoms with E-state index in [0.29, 0.717) is 6.54 Å². The van der Waals surface area contributed by atoms with Crippen LogP contribution >= 0.6 is 0 Å². The maximum absolute atomic E-state index is 13.8. The molecule has 0 saturated carbocycles. The number of rotatable bonds is 11. The number of nitro benzene ring substituents is 1. The number of nitrogens with zero attached hydrogens (tertiary/aromatic N) is 3. The number of hydrogen-bond donors (Lipinski definition) is 1. The molecule has 0 fully saturated rings. The van der Waals surface area contributed by atoms with Gasteiger partial charge in [-0.1, -0.05) is 54.1 Å². The Hall–Kier alpha value is -4.25. The summed E-state index contributed by atoms with van der Waals surface area (Å²) < 4.78 is 28.2. The Balaban J connectivity index is 2.05. The first-order valence-electron chi connectivity index (χ1n) is 12.0. The highest BCUT2D eigenvalue weighted by Gasteiger charge is 2.32. The molecular weight excluding hydrogens is 508 g/mol. The van der Waals surface area contributed by atoms with Crippen LogP contribution in [0, 0.1) is 17.0 Å². The highest BCUT2D eigenvalue weighted by molar-refractivity contribution is 7.92. The number of benzene rings is 3. The number of aryl methyl sites for hydroxylation is 1. The minimum Gasteiger partial charge on any atom is -0.355 e. The molecule has 0 heterocycles. The van der Waals surface area contributed by atoms with Gasteiger partial charge in [0.2, 0.25) is 11.8 Å². The van der Waals surface area contributed by atoms with Crippen LogP contribution in [-0.2, 0) is 26.2 Å². The van der Waals surface area contributed by atoms with Crippen molar-refractivity contribution in [2.75, 3.05) is 17.4 Å². The first kappa shape index (κ1) is 28.3. The zero-order chi connectivity index (χ0) is 27.9. The van der Waals surface area contributed by atoms with Crippen LogP contribution < -0.4 is 9.62 Å². The highest BCUT2D eigenvalue weighted by Crippen LogP contribution is 2.27. The first-order chi connectivity index (χ1) is 18.0. The molecule has 0 spiro atoms. The van der Waals surface area contributed by atoms with Crippen molar-refractivity contribution in [3.8, 4) is 0 Å². The van der Waals surface area contributed by atoms with E-state index in [1.54, 1.807) is 32.0 Å². The lowest BCUT2D eigenvalue weighted by Crippen LogP contribution is -2.51. The lowest BCUT2D eigenvalue weighted by Gasteiger charge is -2.32. The third-order valence-corrected chi connectivity index (χ3v) is 7.72. The van der Waals surface area contributed by atoms with Crippen molar-refractivity contribution in [3.05, 3.63) is 100 Å². The number of carbonyl (C=O) groups excluding carboxylic acids is 2. The Morgan fingerprint density at radius 2 is 1.66 bits per heavy atom. The van der Waals surface area contributed by atoms with E-state index in [1.807, 2.05) is 31.2 Å². The van der Waals surface area contributed by atoms with Crippen LogP contribution in [0.3, 0.4) is 0 Å². The van der Waals surface area contributed by atoms with E-state index in [0.717, 1.165) is 21.5 Å². The SMILES string of the molecule is CCNC(=O)[C@H](C)N(Cc1ccc(C)cc1)C(=O)CN(c1cccc([N+](=O)[O-])c1)S(=O)(=O)c1ccccc1. The molecular formula is C27H30N4O6S. The number of hydrogen-bond acceptors (Lipinski definition) is 6. The average molecular weight is 539 g/mol. The zero-order valence-electron chi connectivity index (χ0n) is 21.4. The van der Waals surface area contributed by atoms with Gasteiger partial charge in [0, 0.05) is 25.2 Å². The molecule has 0 bridgehead atoms. The molecule has 0 radical (unpaired) electrons. The van der Waals surface area contributed by atoms with Crippen molar-refractivity contribution >= 4 is 33.2 Å². The van der Waals surface area contributed by atoms with Crippen molar-refractivity contribution in [2.45, 2.75) is 38.3 Å².